The standard InChI is InChI=1S/C22H26N2O3/c1-4-5-8-13-27-19-10-7-6-9-17(19)14-24-21-16(3)15(2)11-12-18(21)20(23-26)22(24)25/h6-7,9-12,25H,4-5,8,13-14H2,1-3H3. The molecule has 0 bridgehead atoms. The van der Waals surface area contributed by atoms with Crippen LogP contribution in [0.2, 0.25) is 0 Å². The molecule has 0 saturated heterocycles. The minimum absolute atomic E-state index is 0.0921. The number of nitroso groups, excluding NO2 is 1. The Labute approximate surface area is 159 Å². The van der Waals surface area contributed by atoms with E-state index in [9.17, 15) is 10.0 Å². The van der Waals surface area contributed by atoms with Gasteiger partial charge in [0.05, 0.1) is 18.7 Å². The first-order valence-corrected chi connectivity index (χ1v) is 9.43. The van der Waals surface area contributed by atoms with Gasteiger partial charge in [-0.15, -0.1) is 4.91 Å². The summed E-state index contributed by atoms with van der Waals surface area (Å²) in [6, 6.07) is 11.6. The van der Waals surface area contributed by atoms with E-state index in [-0.39, 0.29) is 11.6 Å². The molecule has 0 atom stereocenters. The molecule has 0 aliphatic carbocycles. The van der Waals surface area contributed by atoms with Gasteiger partial charge in [0.25, 0.3) is 0 Å². The van der Waals surface area contributed by atoms with Crippen LogP contribution < -0.4 is 4.74 Å². The number of para-hydroxylation sites is 1. The molecule has 0 spiro atoms. The monoisotopic (exact) mass is 366 g/mol. The van der Waals surface area contributed by atoms with Crippen molar-refractivity contribution >= 4 is 16.6 Å². The van der Waals surface area contributed by atoms with Gasteiger partial charge in [0.2, 0.25) is 5.88 Å². The van der Waals surface area contributed by atoms with Crippen molar-refractivity contribution in [2.24, 2.45) is 5.18 Å². The number of rotatable bonds is 8. The van der Waals surface area contributed by atoms with Crippen LogP contribution in [0.3, 0.4) is 0 Å². The van der Waals surface area contributed by atoms with E-state index < -0.39 is 0 Å². The number of nitrogens with zero attached hydrogens (tertiary/aromatic N) is 2. The Balaban J connectivity index is 2.02. The van der Waals surface area contributed by atoms with E-state index in [1.807, 2.05) is 50.2 Å². The number of hydrogen-bond donors (Lipinski definition) is 1. The minimum Gasteiger partial charge on any atom is -0.493 e. The van der Waals surface area contributed by atoms with Crippen molar-refractivity contribution in [2.75, 3.05) is 6.61 Å². The molecule has 0 saturated carbocycles. The molecule has 0 unspecified atom stereocenters. The number of benzene rings is 2. The van der Waals surface area contributed by atoms with E-state index in [0.29, 0.717) is 18.5 Å². The Bertz CT molecular complexity index is 960. The normalized spacial score (nSPS) is 11.1. The van der Waals surface area contributed by atoms with E-state index in [0.717, 1.165) is 47.2 Å². The maximum absolute atomic E-state index is 11.3. The highest BCUT2D eigenvalue weighted by Crippen LogP contribution is 2.41. The molecular weight excluding hydrogens is 340 g/mol. The lowest BCUT2D eigenvalue weighted by Gasteiger charge is -2.14. The van der Waals surface area contributed by atoms with Crippen LogP contribution in [0.25, 0.3) is 10.9 Å². The number of aromatic nitrogens is 1. The zero-order chi connectivity index (χ0) is 19.4. The predicted molar refractivity (Wildman–Crippen MR) is 109 cm³/mol. The van der Waals surface area contributed by atoms with Crippen LogP contribution in [0.5, 0.6) is 11.6 Å². The van der Waals surface area contributed by atoms with Gasteiger partial charge in [-0.1, -0.05) is 50.1 Å². The van der Waals surface area contributed by atoms with Crippen molar-refractivity contribution in [3.63, 3.8) is 0 Å². The zero-order valence-corrected chi connectivity index (χ0v) is 16.2. The van der Waals surface area contributed by atoms with Crippen LogP contribution in [0.1, 0.15) is 42.9 Å². The van der Waals surface area contributed by atoms with Gasteiger partial charge in [0.1, 0.15) is 5.75 Å². The number of ether oxygens (including phenoxy) is 1. The fourth-order valence-corrected chi connectivity index (χ4v) is 3.42. The molecular formula is C22H26N2O3. The first-order chi connectivity index (χ1) is 13.1. The molecule has 0 aliphatic heterocycles. The fourth-order valence-electron chi connectivity index (χ4n) is 3.42. The highest BCUT2D eigenvalue weighted by molar-refractivity contribution is 5.97. The first kappa shape index (κ1) is 19.0. The molecule has 0 fully saturated rings. The molecule has 27 heavy (non-hydrogen) atoms. The molecule has 2 aromatic carbocycles. The van der Waals surface area contributed by atoms with Gasteiger partial charge < -0.3 is 14.4 Å². The van der Waals surface area contributed by atoms with E-state index in [4.69, 9.17) is 4.74 Å². The average Bonchev–Trinajstić information content (AvgIpc) is 2.94. The predicted octanol–water partition coefficient (Wildman–Crippen LogP) is 5.98. The van der Waals surface area contributed by atoms with E-state index in [2.05, 4.69) is 12.1 Å². The average molecular weight is 366 g/mol. The second kappa shape index (κ2) is 8.25. The first-order valence-electron chi connectivity index (χ1n) is 9.43. The van der Waals surface area contributed by atoms with Gasteiger partial charge in [-0.25, -0.2) is 0 Å². The summed E-state index contributed by atoms with van der Waals surface area (Å²) in [6.45, 7) is 7.25. The Hall–Kier alpha value is -2.82. The van der Waals surface area contributed by atoms with Crippen LogP contribution in [0.4, 0.5) is 5.69 Å². The van der Waals surface area contributed by atoms with Crippen molar-refractivity contribution in [1.29, 1.82) is 0 Å². The fraction of sp³-hybridized carbons (Fsp3) is 0.364. The van der Waals surface area contributed by atoms with Crippen LogP contribution in [-0.4, -0.2) is 16.3 Å². The molecule has 1 aromatic heterocycles. The summed E-state index contributed by atoms with van der Waals surface area (Å²) in [5, 5.41) is 14.4. The third kappa shape index (κ3) is 3.68. The van der Waals surface area contributed by atoms with Crippen LogP contribution in [0.15, 0.2) is 41.6 Å². The molecule has 1 heterocycles. The summed E-state index contributed by atoms with van der Waals surface area (Å²) in [5.74, 6) is 0.704. The molecule has 0 aliphatic rings. The van der Waals surface area contributed by atoms with Crippen molar-refractivity contribution < 1.29 is 9.84 Å². The maximum Gasteiger partial charge on any atom is 0.222 e. The molecule has 0 amide bonds. The summed E-state index contributed by atoms with van der Waals surface area (Å²) in [5.41, 5.74) is 4.01. The molecule has 3 aromatic rings. The van der Waals surface area contributed by atoms with Gasteiger partial charge in [-0.3, -0.25) is 0 Å². The largest absolute Gasteiger partial charge is 0.493 e. The number of unbranched alkanes of at least 4 members (excludes halogenated alkanes) is 2. The lowest BCUT2D eigenvalue weighted by Crippen LogP contribution is -2.05. The molecule has 3 rings (SSSR count). The number of fused-ring (bicyclic) bond motifs is 1. The van der Waals surface area contributed by atoms with E-state index in [1.165, 1.54) is 0 Å². The number of hydrogen-bond acceptors (Lipinski definition) is 4. The van der Waals surface area contributed by atoms with Gasteiger partial charge in [-0.2, -0.15) is 0 Å². The Morgan fingerprint density at radius 3 is 2.63 bits per heavy atom. The summed E-state index contributed by atoms with van der Waals surface area (Å²) in [7, 11) is 0. The third-order valence-corrected chi connectivity index (χ3v) is 5.09. The Morgan fingerprint density at radius 1 is 1.11 bits per heavy atom. The van der Waals surface area contributed by atoms with E-state index in [1.54, 1.807) is 4.57 Å². The lowest BCUT2D eigenvalue weighted by atomic mass is 10.1. The Morgan fingerprint density at radius 2 is 1.89 bits per heavy atom. The van der Waals surface area contributed by atoms with E-state index >= 15 is 0 Å². The van der Waals surface area contributed by atoms with Crippen molar-refractivity contribution in [2.45, 2.75) is 46.6 Å². The van der Waals surface area contributed by atoms with Crippen LogP contribution >= 0.6 is 0 Å². The Kier molecular flexibility index (Phi) is 5.79. The van der Waals surface area contributed by atoms with Gasteiger partial charge >= 0.3 is 0 Å². The van der Waals surface area contributed by atoms with Crippen LogP contribution in [-0.2, 0) is 6.54 Å². The highest BCUT2D eigenvalue weighted by Gasteiger charge is 2.20. The highest BCUT2D eigenvalue weighted by atomic mass is 16.5. The van der Waals surface area contributed by atoms with Gasteiger partial charge in [-0.05, 0) is 42.6 Å². The summed E-state index contributed by atoms with van der Waals surface area (Å²) >= 11 is 0. The summed E-state index contributed by atoms with van der Waals surface area (Å²) in [4.78, 5) is 11.3. The number of aryl methyl sites for hydroxylation is 2. The maximum atomic E-state index is 11.3. The summed E-state index contributed by atoms with van der Waals surface area (Å²) < 4.78 is 7.72. The molecule has 0 radical (unpaired) electrons. The zero-order valence-electron chi connectivity index (χ0n) is 16.2. The molecule has 5 nitrogen and oxygen atoms in total. The van der Waals surface area contributed by atoms with Crippen molar-refractivity contribution in [1.82, 2.24) is 4.57 Å². The van der Waals surface area contributed by atoms with Crippen molar-refractivity contribution in [3.8, 4) is 11.6 Å². The minimum atomic E-state index is -0.102. The second-order valence-electron chi connectivity index (χ2n) is 6.92. The smallest absolute Gasteiger partial charge is 0.222 e. The second-order valence-corrected chi connectivity index (χ2v) is 6.92. The van der Waals surface area contributed by atoms with Gasteiger partial charge in [0.15, 0.2) is 5.69 Å². The van der Waals surface area contributed by atoms with Crippen molar-refractivity contribution in [3.05, 3.63) is 58.0 Å². The topological polar surface area (TPSA) is 63.8 Å². The summed E-state index contributed by atoms with van der Waals surface area (Å²) in [6.07, 6.45) is 3.30. The molecule has 142 valence electrons. The molecule has 1 N–H and O–H groups in total. The quantitative estimate of drug-likeness (QED) is 0.394. The molecule has 5 heteroatoms. The number of aromatic hydroxyl groups is 1. The van der Waals surface area contributed by atoms with Gasteiger partial charge in [0, 0.05) is 10.9 Å². The third-order valence-electron chi connectivity index (χ3n) is 5.09. The lowest BCUT2D eigenvalue weighted by molar-refractivity contribution is 0.302. The van der Waals surface area contributed by atoms with Crippen LogP contribution in [0, 0.1) is 18.8 Å². The SMILES string of the molecule is CCCCCOc1ccccc1Cn1c(O)c(N=O)c2ccc(C)c(C)c21.